The van der Waals surface area contributed by atoms with Crippen LogP contribution in [0.5, 0.6) is 0 Å². The van der Waals surface area contributed by atoms with Crippen molar-refractivity contribution in [2.45, 2.75) is 6.92 Å². The zero-order valence-corrected chi connectivity index (χ0v) is 9.29. The van der Waals surface area contributed by atoms with Crippen LogP contribution < -0.4 is 0 Å². The van der Waals surface area contributed by atoms with Gasteiger partial charge in [0.05, 0.1) is 0 Å². The number of ketones is 1. The SMILES string of the molecule is CC1C(=O)c2cc(F)c(F)cc2C1=C(C#N)C#N. The van der Waals surface area contributed by atoms with Gasteiger partial charge in [-0.05, 0) is 23.3 Å². The second kappa shape index (κ2) is 4.05. The van der Waals surface area contributed by atoms with Crippen LogP contribution >= 0.6 is 0 Å². The molecule has 5 heteroatoms. The molecule has 0 aromatic heterocycles. The Morgan fingerprint density at radius 1 is 1.17 bits per heavy atom. The van der Waals surface area contributed by atoms with Crippen LogP contribution in [-0.2, 0) is 0 Å². The Morgan fingerprint density at radius 3 is 2.17 bits per heavy atom. The fourth-order valence-corrected chi connectivity index (χ4v) is 2.07. The largest absolute Gasteiger partial charge is 0.293 e. The Morgan fingerprint density at radius 2 is 1.67 bits per heavy atom. The molecule has 0 radical (unpaired) electrons. The number of nitrogens with zero attached hydrogens (tertiary/aromatic N) is 2. The summed E-state index contributed by atoms with van der Waals surface area (Å²) in [5.74, 6) is -3.38. The van der Waals surface area contributed by atoms with Crippen LogP contribution in [0.1, 0.15) is 22.8 Å². The van der Waals surface area contributed by atoms with Gasteiger partial charge < -0.3 is 0 Å². The molecule has 2 rings (SSSR count). The second-order valence-corrected chi connectivity index (χ2v) is 3.91. The first-order valence-electron chi connectivity index (χ1n) is 5.09. The molecule has 0 aliphatic heterocycles. The van der Waals surface area contributed by atoms with E-state index in [-0.39, 0.29) is 22.3 Å². The maximum atomic E-state index is 13.2. The molecule has 18 heavy (non-hydrogen) atoms. The average Bonchev–Trinajstić information content (AvgIpc) is 2.57. The minimum atomic E-state index is -1.12. The number of hydrogen-bond acceptors (Lipinski definition) is 3. The quantitative estimate of drug-likeness (QED) is 0.659. The maximum absolute atomic E-state index is 13.2. The molecular weight excluding hydrogens is 238 g/mol. The summed E-state index contributed by atoms with van der Waals surface area (Å²) in [5, 5.41) is 17.7. The Labute approximate surface area is 102 Å². The van der Waals surface area contributed by atoms with E-state index in [0.717, 1.165) is 12.1 Å². The van der Waals surface area contributed by atoms with E-state index in [1.165, 1.54) is 6.92 Å². The number of Topliss-reactive ketones (excluding diaryl/α,β-unsaturated/α-hetero) is 1. The topological polar surface area (TPSA) is 64.7 Å². The summed E-state index contributed by atoms with van der Waals surface area (Å²) in [5.41, 5.74) is 0.0587. The minimum Gasteiger partial charge on any atom is -0.293 e. The van der Waals surface area contributed by atoms with Crippen LogP contribution in [0.25, 0.3) is 5.57 Å². The smallest absolute Gasteiger partial charge is 0.170 e. The third-order valence-corrected chi connectivity index (χ3v) is 2.94. The molecule has 1 aliphatic rings. The summed E-state index contributed by atoms with van der Waals surface area (Å²) in [4.78, 5) is 11.9. The van der Waals surface area contributed by atoms with E-state index >= 15 is 0 Å². The molecule has 0 spiro atoms. The van der Waals surface area contributed by atoms with Gasteiger partial charge in [-0.1, -0.05) is 6.92 Å². The van der Waals surface area contributed by atoms with E-state index in [0.29, 0.717) is 0 Å². The minimum absolute atomic E-state index is 0.0133. The number of rotatable bonds is 0. The Kier molecular flexibility index (Phi) is 2.68. The number of halogens is 2. The molecule has 0 saturated heterocycles. The standard InChI is InChI=1S/C13H6F2N2O/c1-6-12(7(4-16)5-17)8-2-10(14)11(15)3-9(8)13(6)18/h2-3,6H,1H3. The van der Waals surface area contributed by atoms with Gasteiger partial charge in [-0.2, -0.15) is 10.5 Å². The van der Waals surface area contributed by atoms with Crippen molar-refractivity contribution in [3.05, 3.63) is 40.5 Å². The normalized spacial score (nSPS) is 17.1. The lowest BCUT2D eigenvalue weighted by molar-refractivity contribution is 0.0965. The molecule has 0 heterocycles. The number of allylic oxidation sites excluding steroid dienone is 2. The van der Waals surface area contributed by atoms with Gasteiger partial charge in [0.15, 0.2) is 17.4 Å². The summed E-state index contributed by atoms with van der Waals surface area (Å²) in [6, 6.07) is 5.01. The number of carbonyl (C=O) groups is 1. The van der Waals surface area contributed by atoms with E-state index < -0.39 is 23.3 Å². The van der Waals surface area contributed by atoms with E-state index in [1.54, 1.807) is 12.1 Å². The van der Waals surface area contributed by atoms with Gasteiger partial charge in [0.25, 0.3) is 0 Å². The third kappa shape index (κ3) is 1.49. The van der Waals surface area contributed by atoms with Crippen molar-refractivity contribution in [3.8, 4) is 12.1 Å². The van der Waals surface area contributed by atoms with Crippen molar-refractivity contribution in [1.29, 1.82) is 10.5 Å². The van der Waals surface area contributed by atoms with Crippen LogP contribution in [0.4, 0.5) is 8.78 Å². The van der Waals surface area contributed by atoms with Crippen LogP contribution in [-0.4, -0.2) is 5.78 Å². The van der Waals surface area contributed by atoms with E-state index in [2.05, 4.69) is 0 Å². The van der Waals surface area contributed by atoms with Crippen LogP contribution in [0.15, 0.2) is 17.7 Å². The molecule has 0 amide bonds. The van der Waals surface area contributed by atoms with Crippen molar-refractivity contribution < 1.29 is 13.6 Å². The number of carbonyl (C=O) groups excluding carboxylic acids is 1. The van der Waals surface area contributed by atoms with Gasteiger partial charge in [0, 0.05) is 11.5 Å². The molecule has 0 bridgehead atoms. The summed E-state index contributed by atoms with van der Waals surface area (Å²) in [7, 11) is 0. The highest BCUT2D eigenvalue weighted by molar-refractivity contribution is 6.14. The molecule has 88 valence electrons. The molecule has 0 fully saturated rings. The molecule has 0 N–H and O–H groups in total. The summed E-state index contributed by atoms with van der Waals surface area (Å²) < 4.78 is 26.3. The molecule has 1 unspecified atom stereocenters. The van der Waals surface area contributed by atoms with Crippen molar-refractivity contribution in [2.75, 3.05) is 0 Å². The van der Waals surface area contributed by atoms with Gasteiger partial charge in [-0.15, -0.1) is 0 Å². The summed E-state index contributed by atoms with van der Waals surface area (Å²) in [6.45, 7) is 1.50. The van der Waals surface area contributed by atoms with Crippen molar-refractivity contribution in [2.24, 2.45) is 5.92 Å². The molecule has 1 aromatic rings. The van der Waals surface area contributed by atoms with Gasteiger partial charge >= 0.3 is 0 Å². The molecule has 1 atom stereocenters. The fourth-order valence-electron chi connectivity index (χ4n) is 2.07. The molecule has 3 nitrogen and oxygen atoms in total. The first kappa shape index (κ1) is 11.9. The highest BCUT2D eigenvalue weighted by atomic mass is 19.2. The van der Waals surface area contributed by atoms with Gasteiger partial charge in [-0.3, -0.25) is 4.79 Å². The number of benzene rings is 1. The molecule has 1 aliphatic carbocycles. The Hall–Kier alpha value is -2.53. The second-order valence-electron chi connectivity index (χ2n) is 3.91. The Bertz CT molecular complexity index is 661. The predicted octanol–water partition coefficient (Wildman–Crippen LogP) is 2.60. The molecular formula is C13H6F2N2O. The molecule has 0 saturated carbocycles. The first-order valence-corrected chi connectivity index (χ1v) is 5.09. The van der Waals surface area contributed by atoms with Crippen molar-refractivity contribution in [3.63, 3.8) is 0 Å². The maximum Gasteiger partial charge on any atom is 0.170 e. The average molecular weight is 244 g/mol. The number of fused-ring (bicyclic) bond motifs is 1. The van der Waals surface area contributed by atoms with Crippen molar-refractivity contribution >= 4 is 11.4 Å². The third-order valence-electron chi connectivity index (χ3n) is 2.94. The monoisotopic (exact) mass is 244 g/mol. The van der Waals surface area contributed by atoms with E-state index in [4.69, 9.17) is 10.5 Å². The summed E-state index contributed by atoms with van der Waals surface area (Å²) in [6.07, 6.45) is 0. The number of hydrogen-bond donors (Lipinski definition) is 0. The van der Waals surface area contributed by atoms with Crippen LogP contribution in [0, 0.1) is 40.2 Å². The van der Waals surface area contributed by atoms with Crippen LogP contribution in [0.3, 0.4) is 0 Å². The van der Waals surface area contributed by atoms with Gasteiger partial charge in [-0.25, -0.2) is 8.78 Å². The highest BCUT2D eigenvalue weighted by Gasteiger charge is 2.35. The predicted molar refractivity (Wildman–Crippen MR) is 58.0 cm³/mol. The van der Waals surface area contributed by atoms with Crippen LogP contribution in [0.2, 0.25) is 0 Å². The van der Waals surface area contributed by atoms with E-state index in [1.807, 2.05) is 0 Å². The zero-order valence-electron chi connectivity index (χ0n) is 9.29. The highest BCUT2D eigenvalue weighted by Crippen LogP contribution is 2.39. The van der Waals surface area contributed by atoms with Gasteiger partial charge in [0.1, 0.15) is 17.7 Å². The summed E-state index contributed by atoms with van der Waals surface area (Å²) >= 11 is 0. The zero-order chi connectivity index (χ0) is 13.4. The lowest BCUT2D eigenvalue weighted by Crippen LogP contribution is -2.04. The fraction of sp³-hybridized carbons (Fsp3) is 0.154. The number of nitriles is 2. The lowest BCUT2D eigenvalue weighted by atomic mass is 9.96. The Balaban J connectivity index is 2.83. The van der Waals surface area contributed by atoms with E-state index in [9.17, 15) is 13.6 Å². The van der Waals surface area contributed by atoms with Crippen molar-refractivity contribution in [1.82, 2.24) is 0 Å². The lowest BCUT2D eigenvalue weighted by Gasteiger charge is -2.04. The molecule has 1 aromatic carbocycles. The van der Waals surface area contributed by atoms with Gasteiger partial charge in [0.2, 0.25) is 0 Å². The first-order chi connectivity index (χ1) is 8.51.